The summed E-state index contributed by atoms with van der Waals surface area (Å²) in [5.74, 6) is -3.68. The van der Waals surface area contributed by atoms with E-state index in [0.29, 0.717) is 16.7 Å². The number of rotatable bonds is 5. The zero-order chi connectivity index (χ0) is 25.7. The SMILES string of the molecule is CC(C)OP1(=O)OC[C@H]2OC(n3ccc(NC(=O)c4ccc5c(c4)CCCO5)nc3=O)C(F)(F)[C@@H]2O1. The molecule has 3 aliphatic rings. The minimum absolute atomic E-state index is 0.122. The average molecular weight is 527 g/mol. The first-order valence-corrected chi connectivity index (χ1v) is 12.8. The quantitative estimate of drug-likeness (QED) is 0.583. The second kappa shape index (κ2) is 9.31. The lowest BCUT2D eigenvalue weighted by molar-refractivity contribution is -0.139. The topological polar surface area (TPSA) is 127 Å². The van der Waals surface area contributed by atoms with Crippen LogP contribution >= 0.6 is 7.82 Å². The summed E-state index contributed by atoms with van der Waals surface area (Å²) in [6.07, 6.45) is -3.28. The van der Waals surface area contributed by atoms with Gasteiger partial charge in [-0.15, -0.1) is 0 Å². The molecule has 14 heteroatoms. The van der Waals surface area contributed by atoms with Crippen molar-refractivity contribution in [3.8, 4) is 5.75 Å². The zero-order valence-corrected chi connectivity index (χ0v) is 20.3. The number of amides is 1. The molecule has 1 aromatic heterocycles. The first kappa shape index (κ1) is 25.0. The molecule has 2 aromatic rings. The highest BCUT2D eigenvalue weighted by Crippen LogP contribution is 2.60. The van der Waals surface area contributed by atoms with Gasteiger partial charge in [0.15, 0.2) is 6.10 Å². The van der Waals surface area contributed by atoms with E-state index in [-0.39, 0.29) is 5.82 Å². The van der Waals surface area contributed by atoms with Crippen molar-refractivity contribution in [3.05, 3.63) is 52.1 Å². The highest BCUT2D eigenvalue weighted by molar-refractivity contribution is 7.48. The Labute approximate surface area is 204 Å². The highest BCUT2D eigenvalue weighted by atomic mass is 31.2. The van der Waals surface area contributed by atoms with Crippen molar-refractivity contribution in [2.45, 2.75) is 57.2 Å². The van der Waals surface area contributed by atoms with Crippen molar-refractivity contribution in [1.82, 2.24) is 9.55 Å². The third-order valence-electron chi connectivity index (χ3n) is 5.82. The summed E-state index contributed by atoms with van der Waals surface area (Å²) in [6, 6.07) is 6.18. The van der Waals surface area contributed by atoms with Crippen molar-refractivity contribution in [2.75, 3.05) is 18.5 Å². The molecule has 2 unspecified atom stereocenters. The van der Waals surface area contributed by atoms with Gasteiger partial charge in [-0.3, -0.25) is 22.9 Å². The Balaban J connectivity index is 1.32. The maximum Gasteiger partial charge on any atom is 0.475 e. The molecule has 4 atom stereocenters. The summed E-state index contributed by atoms with van der Waals surface area (Å²) < 4.78 is 69.5. The number of carbonyl (C=O) groups excluding carboxylic acids is 1. The smallest absolute Gasteiger partial charge is 0.475 e. The summed E-state index contributed by atoms with van der Waals surface area (Å²) in [7, 11) is -4.23. The number of ether oxygens (including phenoxy) is 2. The van der Waals surface area contributed by atoms with Crippen LogP contribution in [0.2, 0.25) is 0 Å². The fourth-order valence-electron chi connectivity index (χ4n) is 4.23. The van der Waals surface area contributed by atoms with Crippen LogP contribution in [0.25, 0.3) is 0 Å². The molecule has 1 amide bonds. The standard InChI is InChI=1S/C22H24F2N3O8P/c1-12(2)34-36(30)32-11-16-18(35-36)22(23,24)20(33-16)27-8-7-17(26-21(27)29)25-19(28)14-5-6-15-13(10-14)4-3-9-31-15/h5-8,10,12,16,18,20H,3-4,9,11H2,1-2H3,(H,25,26,28,29)/t16-,18-,20?,36?/m1/s1. The molecule has 5 rings (SSSR count). The summed E-state index contributed by atoms with van der Waals surface area (Å²) in [5.41, 5.74) is 0.150. The molecule has 0 bridgehead atoms. The molecule has 2 fully saturated rings. The monoisotopic (exact) mass is 527 g/mol. The highest BCUT2D eigenvalue weighted by Gasteiger charge is 2.65. The Morgan fingerprint density at radius 1 is 1.33 bits per heavy atom. The third kappa shape index (κ3) is 4.69. The van der Waals surface area contributed by atoms with Gasteiger partial charge in [-0.2, -0.15) is 13.8 Å². The number of alkyl halides is 2. The maximum absolute atomic E-state index is 15.2. The Kier molecular flexibility index (Phi) is 6.46. The lowest BCUT2D eigenvalue weighted by Gasteiger charge is -2.32. The van der Waals surface area contributed by atoms with Crippen molar-refractivity contribution in [3.63, 3.8) is 0 Å². The first-order valence-electron chi connectivity index (χ1n) is 11.4. The number of halogens is 2. The fraction of sp³-hybridized carbons (Fsp3) is 0.500. The van der Waals surface area contributed by atoms with Crippen LogP contribution in [0.5, 0.6) is 5.75 Å². The van der Waals surface area contributed by atoms with Gasteiger partial charge in [0.1, 0.15) is 17.7 Å². The number of phosphoric acid groups is 1. The number of fused-ring (bicyclic) bond motifs is 2. The van der Waals surface area contributed by atoms with Crippen LogP contribution < -0.4 is 15.7 Å². The largest absolute Gasteiger partial charge is 0.493 e. The van der Waals surface area contributed by atoms with Crippen LogP contribution in [-0.2, 0) is 29.3 Å². The van der Waals surface area contributed by atoms with Gasteiger partial charge in [-0.25, -0.2) is 9.36 Å². The Bertz CT molecular complexity index is 1290. The van der Waals surface area contributed by atoms with Gasteiger partial charge in [-0.05, 0) is 56.5 Å². The lowest BCUT2D eigenvalue weighted by atomic mass is 10.0. The number of hydrogen-bond donors (Lipinski definition) is 1. The van der Waals surface area contributed by atoms with Crippen LogP contribution in [0.3, 0.4) is 0 Å². The van der Waals surface area contributed by atoms with E-state index < -0.39 is 56.5 Å². The number of hydrogen-bond acceptors (Lipinski definition) is 9. The second-order valence-corrected chi connectivity index (χ2v) is 10.4. The second-order valence-electron chi connectivity index (χ2n) is 8.86. The normalized spacial score (nSPS) is 28.8. The fourth-order valence-corrected chi connectivity index (χ4v) is 5.80. The van der Waals surface area contributed by atoms with Crippen molar-refractivity contribution in [1.29, 1.82) is 0 Å². The first-order chi connectivity index (χ1) is 17.1. The summed E-state index contributed by atoms with van der Waals surface area (Å²) in [4.78, 5) is 29.0. The minimum atomic E-state index is -4.23. The summed E-state index contributed by atoms with van der Waals surface area (Å²) in [5, 5.41) is 2.49. The van der Waals surface area contributed by atoms with E-state index in [9.17, 15) is 14.2 Å². The zero-order valence-electron chi connectivity index (χ0n) is 19.4. The van der Waals surface area contributed by atoms with Gasteiger partial charge >= 0.3 is 19.4 Å². The number of aryl methyl sites for hydroxylation is 1. The summed E-state index contributed by atoms with van der Waals surface area (Å²) in [6.45, 7) is 3.25. The molecule has 3 aliphatic heterocycles. The van der Waals surface area contributed by atoms with Gasteiger partial charge in [0, 0.05) is 11.8 Å². The molecule has 1 N–H and O–H groups in total. The number of phosphoric ester groups is 1. The molecular formula is C22H24F2N3O8P. The molecule has 0 radical (unpaired) electrons. The van der Waals surface area contributed by atoms with Gasteiger partial charge in [0.05, 0.1) is 19.3 Å². The van der Waals surface area contributed by atoms with E-state index in [0.717, 1.165) is 30.4 Å². The number of carbonyl (C=O) groups is 1. The van der Waals surface area contributed by atoms with Crippen molar-refractivity contribution in [2.24, 2.45) is 0 Å². The molecular weight excluding hydrogens is 503 g/mol. The van der Waals surface area contributed by atoms with Crippen molar-refractivity contribution < 1.29 is 41.2 Å². The van der Waals surface area contributed by atoms with E-state index in [1.165, 1.54) is 6.07 Å². The van der Waals surface area contributed by atoms with E-state index >= 15 is 8.78 Å². The van der Waals surface area contributed by atoms with Crippen molar-refractivity contribution >= 4 is 19.5 Å². The van der Waals surface area contributed by atoms with Crippen LogP contribution in [-0.4, -0.2) is 52.9 Å². The van der Waals surface area contributed by atoms with Gasteiger partial charge in [-0.1, -0.05) is 0 Å². The molecule has 0 saturated carbocycles. The van der Waals surface area contributed by atoms with E-state index in [1.807, 2.05) is 0 Å². The van der Waals surface area contributed by atoms with Gasteiger partial charge < -0.3 is 14.8 Å². The average Bonchev–Trinajstić information content (AvgIpc) is 3.07. The van der Waals surface area contributed by atoms with Crippen LogP contribution in [0, 0.1) is 0 Å². The lowest BCUT2D eigenvalue weighted by Crippen LogP contribution is -2.45. The molecule has 0 spiro atoms. The number of nitrogens with one attached hydrogen (secondary N) is 1. The Morgan fingerprint density at radius 2 is 2.14 bits per heavy atom. The summed E-state index contributed by atoms with van der Waals surface area (Å²) >= 11 is 0. The van der Waals surface area contributed by atoms with E-state index in [1.54, 1.807) is 32.0 Å². The van der Waals surface area contributed by atoms with Crippen LogP contribution in [0.1, 0.15) is 42.4 Å². The molecule has 194 valence electrons. The third-order valence-corrected chi connectivity index (χ3v) is 7.45. The predicted octanol–water partition coefficient (Wildman–Crippen LogP) is 3.30. The maximum atomic E-state index is 15.2. The molecule has 1 aromatic carbocycles. The van der Waals surface area contributed by atoms with Crippen LogP contribution in [0.4, 0.5) is 14.6 Å². The van der Waals surface area contributed by atoms with Gasteiger partial charge in [0.2, 0.25) is 6.23 Å². The molecule has 0 aliphatic carbocycles. The number of anilines is 1. The predicted molar refractivity (Wildman–Crippen MR) is 120 cm³/mol. The Morgan fingerprint density at radius 3 is 2.89 bits per heavy atom. The van der Waals surface area contributed by atoms with E-state index in [2.05, 4.69) is 10.3 Å². The van der Waals surface area contributed by atoms with Gasteiger partial charge in [0.25, 0.3) is 5.91 Å². The minimum Gasteiger partial charge on any atom is -0.493 e. The number of nitrogens with zero attached hydrogens (tertiary/aromatic N) is 2. The number of benzene rings is 1. The van der Waals surface area contributed by atoms with E-state index in [4.69, 9.17) is 23.0 Å². The molecule has 11 nitrogen and oxygen atoms in total. The Hall–Kier alpha value is -2.70. The molecule has 4 heterocycles. The van der Waals surface area contributed by atoms with Crippen LogP contribution in [0.15, 0.2) is 35.3 Å². The molecule has 2 saturated heterocycles. The number of aromatic nitrogens is 2. The molecule has 36 heavy (non-hydrogen) atoms.